The van der Waals surface area contributed by atoms with Crippen molar-refractivity contribution in [3.63, 3.8) is 0 Å². The summed E-state index contributed by atoms with van der Waals surface area (Å²) in [7, 11) is 0. The van der Waals surface area contributed by atoms with Gasteiger partial charge in [0.25, 0.3) is 0 Å². The zero-order chi connectivity index (χ0) is 14.0. The summed E-state index contributed by atoms with van der Waals surface area (Å²) in [5.74, 6) is -2.31. The quantitative estimate of drug-likeness (QED) is 0.861. The number of hydrogen-bond donors (Lipinski definition) is 2. The second kappa shape index (κ2) is 5.02. The third-order valence-corrected chi connectivity index (χ3v) is 3.04. The minimum absolute atomic E-state index is 0.176. The van der Waals surface area contributed by atoms with E-state index in [2.05, 4.69) is 15.3 Å². The van der Waals surface area contributed by atoms with E-state index in [4.69, 9.17) is 5.11 Å². The summed E-state index contributed by atoms with van der Waals surface area (Å²) in [5.41, 5.74) is -0.176. The van der Waals surface area contributed by atoms with E-state index in [9.17, 15) is 18.0 Å². The molecule has 1 aromatic heterocycles. The smallest absolute Gasteiger partial charge is 0.392 e. The molecule has 2 N–H and O–H groups in total. The molecule has 2 rings (SSSR count). The van der Waals surface area contributed by atoms with Crippen LogP contribution in [0, 0.1) is 11.8 Å². The Morgan fingerprint density at radius 3 is 2.63 bits per heavy atom. The Morgan fingerprint density at radius 2 is 2.16 bits per heavy atom. The molecule has 5 nitrogen and oxygen atoms in total. The van der Waals surface area contributed by atoms with E-state index in [1.807, 2.05) is 0 Å². The van der Waals surface area contributed by atoms with Crippen LogP contribution in [0.5, 0.6) is 0 Å². The molecular formula is C11H12F3N3O2. The molecule has 0 unspecified atom stereocenters. The molecule has 1 heterocycles. The number of carboxylic acids is 1. The lowest BCUT2D eigenvalue weighted by Crippen LogP contribution is -2.13. The van der Waals surface area contributed by atoms with Crippen molar-refractivity contribution in [3.8, 4) is 0 Å². The molecule has 0 radical (unpaired) electrons. The first-order chi connectivity index (χ1) is 8.88. The molecule has 19 heavy (non-hydrogen) atoms. The Balaban J connectivity index is 1.74. The van der Waals surface area contributed by atoms with Gasteiger partial charge in [0.05, 0.1) is 18.3 Å². The number of carboxylic acid groups (broad SMARTS) is 1. The molecule has 0 aliphatic heterocycles. The van der Waals surface area contributed by atoms with Crippen LogP contribution in [0.1, 0.15) is 23.3 Å². The largest absolute Gasteiger partial charge is 0.476 e. The van der Waals surface area contributed by atoms with Crippen molar-refractivity contribution >= 4 is 11.8 Å². The lowest BCUT2D eigenvalue weighted by Gasteiger charge is -2.06. The highest BCUT2D eigenvalue weighted by Crippen LogP contribution is 2.51. The maximum Gasteiger partial charge on any atom is 0.392 e. The van der Waals surface area contributed by atoms with Gasteiger partial charge in [-0.25, -0.2) is 14.8 Å². The lowest BCUT2D eigenvalue weighted by molar-refractivity contribution is -0.151. The minimum Gasteiger partial charge on any atom is -0.476 e. The first-order valence-corrected chi connectivity index (χ1v) is 5.74. The summed E-state index contributed by atoms with van der Waals surface area (Å²) >= 11 is 0. The van der Waals surface area contributed by atoms with Crippen molar-refractivity contribution in [2.75, 3.05) is 11.9 Å². The maximum atomic E-state index is 12.3. The highest BCUT2D eigenvalue weighted by molar-refractivity contribution is 5.84. The van der Waals surface area contributed by atoms with E-state index in [-0.39, 0.29) is 18.0 Å². The monoisotopic (exact) mass is 275 g/mol. The predicted molar refractivity (Wildman–Crippen MR) is 59.8 cm³/mol. The summed E-state index contributed by atoms with van der Waals surface area (Å²) < 4.78 is 36.8. The Labute approximate surface area is 106 Å². The van der Waals surface area contributed by atoms with Crippen LogP contribution in [-0.4, -0.2) is 33.8 Å². The van der Waals surface area contributed by atoms with Gasteiger partial charge in [-0.3, -0.25) is 0 Å². The highest BCUT2D eigenvalue weighted by Gasteiger charge is 2.54. The van der Waals surface area contributed by atoms with Gasteiger partial charge in [-0.2, -0.15) is 13.2 Å². The number of nitrogens with one attached hydrogen (secondary N) is 1. The van der Waals surface area contributed by atoms with E-state index in [1.165, 1.54) is 6.20 Å². The molecule has 1 aliphatic carbocycles. The Bertz CT molecular complexity index is 461. The van der Waals surface area contributed by atoms with Gasteiger partial charge in [-0.1, -0.05) is 0 Å². The van der Waals surface area contributed by atoms with Gasteiger partial charge < -0.3 is 10.4 Å². The molecule has 8 heteroatoms. The fourth-order valence-corrected chi connectivity index (χ4v) is 1.88. The number of carbonyl (C=O) groups is 1. The number of halogens is 3. The van der Waals surface area contributed by atoms with E-state index in [0.29, 0.717) is 18.8 Å². The molecule has 104 valence electrons. The molecule has 0 aromatic carbocycles. The van der Waals surface area contributed by atoms with Gasteiger partial charge in [0.2, 0.25) is 0 Å². The van der Waals surface area contributed by atoms with Crippen molar-refractivity contribution in [1.29, 1.82) is 0 Å². The number of aromatic carboxylic acids is 1. The molecule has 1 saturated carbocycles. The molecular weight excluding hydrogens is 263 g/mol. The van der Waals surface area contributed by atoms with Crippen LogP contribution >= 0.6 is 0 Å². The van der Waals surface area contributed by atoms with E-state index < -0.39 is 18.1 Å². The van der Waals surface area contributed by atoms with E-state index in [0.717, 1.165) is 6.20 Å². The van der Waals surface area contributed by atoms with Crippen LogP contribution in [0.4, 0.5) is 19.0 Å². The molecule has 0 saturated heterocycles. The van der Waals surface area contributed by atoms with Crippen LogP contribution in [0.25, 0.3) is 0 Å². The zero-order valence-corrected chi connectivity index (χ0v) is 9.81. The van der Waals surface area contributed by atoms with Gasteiger partial charge in [0.15, 0.2) is 5.69 Å². The first kappa shape index (κ1) is 13.6. The summed E-state index contributed by atoms with van der Waals surface area (Å²) in [6, 6.07) is 0. The Hall–Kier alpha value is -1.86. The summed E-state index contributed by atoms with van der Waals surface area (Å²) in [6.45, 7) is 0.359. The normalized spacial score (nSPS) is 22.1. The average Bonchev–Trinajstić information content (AvgIpc) is 3.09. The lowest BCUT2D eigenvalue weighted by atomic mass is 10.2. The number of nitrogens with zero attached hydrogens (tertiary/aromatic N) is 2. The summed E-state index contributed by atoms with van der Waals surface area (Å²) in [5, 5.41) is 11.4. The predicted octanol–water partition coefficient (Wildman–Crippen LogP) is 2.18. The van der Waals surface area contributed by atoms with Gasteiger partial charge in [0, 0.05) is 6.54 Å². The van der Waals surface area contributed by atoms with Crippen molar-refractivity contribution in [2.24, 2.45) is 11.8 Å². The topological polar surface area (TPSA) is 75.1 Å². The van der Waals surface area contributed by atoms with Crippen LogP contribution in [0.15, 0.2) is 12.4 Å². The van der Waals surface area contributed by atoms with Crippen LogP contribution in [0.2, 0.25) is 0 Å². The third-order valence-electron chi connectivity index (χ3n) is 3.04. The number of alkyl halides is 3. The first-order valence-electron chi connectivity index (χ1n) is 5.74. The van der Waals surface area contributed by atoms with E-state index >= 15 is 0 Å². The molecule has 0 amide bonds. The van der Waals surface area contributed by atoms with Crippen molar-refractivity contribution in [2.45, 2.75) is 19.0 Å². The highest BCUT2D eigenvalue weighted by atomic mass is 19.4. The van der Waals surface area contributed by atoms with E-state index in [1.54, 1.807) is 0 Å². The molecule has 0 spiro atoms. The fourth-order valence-electron chi connectivity index (χ4n) is 1.88. The molecule has 2 atom stereocenters. The molecule has 1 fully saturated rings. The SMILES string of the molecule is O=C(O)c1cnc(NCC[C@@H]2C[C@H]2C(F)(F)F)cn1. The standard InChI is InChI=1S/C11H12F3N3O2/c12-11(13,14)7-3-6(7)1-2-15-9-5-16-8(4-17-9)10(18)19/h4-7H,1-3H2,(H,15,17)(H,18,19)/t6-,7-/m1/s1. The minimum atomic E-state index is -4.09. The Morgan fingerprint density at radius 1 is 1.42 bits per heavy atom. The number of rotatable bonds is 5. The number of anilines is 1. The second-order valence-corrected chi connectivity index (χ2v) is 4.45. The zero-order valence-electron chi connectivity index (χ0n) is 9.81. The van der Waals surface area contributed by atoms with Gasteiger partial charge in [-0.05, 0) is 18.8 Å². The van der Waals surface area contributed by atoms with Gasteiger partial charge >= 0.3 is 12.1 Å². The third kappa shape index (κ3) is 3.55. The average molecular weight is 275 g/mol. The molecule has 1 aliphatic rings. The van der Waals surface area contributed by atoms with Gasteiger partial charge in [0.1, 0.15) is 5.82 Å². The van der Waals surface area contributed by atoms with Gasteiger partial charge in [-0.15, -0.1) is 0 Å². The Kier molecular flexibility index (Phi) is 3.59. The summed E-state index contributed by atoms with van der Waals surface area (Å²) in [6.07, 6.45) is -1.15. The molecule has 0 bridgehead atoms. The summed E-state index contributed by atoms with van der Waals surface area (Å²) in [4.78, 5) is 18.0. The number of aromatic nitrogens is 2. The van der Waals surface area contributed by atoms with Crippen molar-refractivity contribution < 1.29 is 23.1 Å². The van der Waals surface area contributed by atoms with Crippen LogP contribution in [-0.2, 0) is 0 Å². The van der Waals surface area contributed by atoms with Crippen molar-refractivity contribution in [3.05, 3.63) is 18.1 Å². The van der Waals surface area contributed by atoms with Crippen LogP contribution < -0.4 is 5.32 Å². The van der Waals surface area contributed by atoms with Crippen molar-refractivity contribution in [1.82, 2.24) is 9.97 Å². The van der Waals surface area contributed by atoms with Crippen LogP contribution in [0.3, 0.4) is 0 Å². The maximum absolute atomic E-state index is 12.3. The fraction of sp³-hybridized carbons (Fsp3) is 0.545. The second-order valence-electron chi connectivity index (χ2n) is 4.45. The number of hydrogen-bond acceptors (Lipinski definition) is 4. The molecule has 1 aromatic rings.